The average molecular weight is 273 g/mol. The third-order valence-corrected chi connectivity index (χ3v) is 3.69. The highest BCUT2D eigenvalue weighted by atomic mass is 32.2. The summed E-state index contributed by atoms with van der Waals surface area (Å²) in [6, 6.07) is 0.00130. The van der Waals surface area contributed by atoms with Gasteiger partial charge in [-0.25, -0.2) is 0 Å². The normalized spacial score (nSPS) is 14.3. The molecule has 1 aromatic heterocycles. The second-order valence-corrected chi connectivity index (χ2v) is 5.40. The van der Waals surface area contributed by atoms with Gasteiger partial charge in [-0.15, -0.1) is 10.2 Å². The number of quaternary nitrogens is 1. The zero-order chi connectivity index (χ0) is 13.7. The lowest BCUT2D eigenvalue weighted by molar-refractivity contribution is -0.444. The standard InChI is InChI=1S/C11H20N4O2S/c1-5-7(2)9(12)10-13-14-11(17-10)18-6-8(16)15(3)4/h7,9H,5-6,12H2,1-4H3/p+1/t7-,9+/m1/s1. The molecule has 0 spiro atoms. The van der Waals surface area contributed by atoms with Crippen LogP contribution in [0.1, 0.15) is 32.2 Å². The van der Waals surface area contributed by atoms with Crippen LogP contribution in [0.15, 0.2) is 9.64 Å². The largest absolute Gasteiger partial charge is 0.410 e. The van der Waals surface area contributed by atoms with Crippen molar-refractivity contribution in [2.45, 2.75) is 31.5 Å². The van der Waals surface area contributed by atoms with Gasteiger partial charge in [0.15, 0.2) is 6.04 Å². The monoisotopic (exact) mass is 273 g/mol. The number of carbonyl (C=O) groups is 1. The summed E-state index contributed by atoms with van der Waals surface area (Å²) < 4.78 is 5.51. The molecule has 0 radical (unpaired) electrons. The fraction of sp³-hybridized carbons (Fsp3) is 0.727. The number of amides is 1. The number of nitrogens with zero attached hydrogens (tertiary/aromatic N) is 3. The average Bonchev–Trinajstić information content (AvgIpc) is 2.82. The van der Waals surface area contributed by atoms with Crippen molar-refractivity contribution in [3.05, 3.63) is 5.89 Å². The van der Waals surface area contributed by atoms with Crippen molar-refractivity contribution in [1.29, 1.82) is 0 Å². The lowest BCUT2D eigenvalue weighted by atomic mass is 10.0. The molecule has 0 aliphatic rings. The Kier molecular flexibility index (Phi) is 5.61. The summed E-state index contributed by atoms with van der Waals surface area (Å²) in [4.78, 5) is 12.9. The maximum Gasteiger partial charge on any atom is 0.277 e. The molecule has 6 nitrogen and oxygen atoms in total. The van der Waals surface area contributed by atoms with E-state index in [2.05, 4.69) is 29.8 Å². The van der Waals surface area contributed by atoms with Gasteiger partial charge in [-0.05, 0) is 6.42 Å². The zero-order valence-corrected chi connectivity index (χ0v) is 12.2. The summed E-state index contributed by atoms with van der Waals surface area (Å²) in [6.45, 7) is 4.20. The zero-order valence-electron chi connectivity index (χ0n) is 11.3. The highest BCUT2D eigenvalue weighted by Crippen LogP contribution is 2.22. The van der Waals surface area contributed by atoms with Crippen LogP contribution in [0.25, 0.3) is 0 Å². The Bertz CT molecular complexity index is 394. The van der Waals surface area contributed by atoms with E-state index in [0.717, 1.165) is 6.42 Å². The molecule has 102 valence electrons. The molecular formula is C11H21N4O2S+. The van der Waals surface area contributed by atoms with Crippen LogP contribution < -0.4 is 5.73 Å². The van der Waals surface area contributed by atoms with Crippen molar-refractivity contribution in [3.8, 4) is 0 Å². The van der Waals surface area contributed by atoms with Crippen LogP contribution in [0, 0.1) is 5.92 Å². The molecule has 0 saturated carbocycles. The van der Waals surface area contributed by atoms with Crippen LogP contribution in [0.2, 0.25) is 0 Å². The van der Waals surface area contributed by atoms with Crippen LogP contribution in [-0.2, 0) is 4.79 Å². The van der Waals surface area contributed by atoms with Gasteiger partial charge in [-0.3, -0.25) is 4.79 Å². The first-order valence-corrected chi connectivity index (χ1v) is 6.93. The molecule has 3 N–H and O–H groups in total. The quantitative estimate of drug-likeness (QED) is 0.766. The Hall–Kier alpha value is -1.08. The first-order chi connectivity index (χ1) is 8.45. The number of thioether (sulfide) groups is 1. The van der Waals surface area contributed by atoms with Gasteiger partial charge in [0.05, 0.1) is 5.75 Å². The van der Waals surface area contributed by atoms with Crippen LogP contribution in [0.5, 0.6) is 0 Å². The Morgan fingerprint density at radius 1 is 1.50 bits per heavy atom. The molecule has 1 rings (SSSR count). The molecule has 0 fully saturated rings. The van der Waals surface area contributed by atoms with Crippen molar-refractivity contribution in [1.82, 2.24) is 15.1 Å². The molecular weight excluding hydrogens is 252 g/mol. The summed E-state index contributed by atoms with van der Waals surface area (Å²) >= 11 is 1.26. The molecule has 2 atom stereocenters. The highest BCUT2D eigenvalue weighted by molar-refractivity contribution is 7.99. The fourth-order valence-electron chi connectivity index (χ4n) is 1.21. The van der Waals surface area contributed by atoms with E-state index in [9.17, 15) is 4.79 Å². The van der Waals surface area contributed by atoms with Crippen molar-refractivity contribution in [2.75, 3.05) is 19.8 Å². The van der Waals surface area contributed by atoms with Gasteiger partial charge < -0.3 is 15.1 Å². The molecule has 18 heavy (non-hydrogen) atoms. The minimum atomic E-state index is 0.00130. The van der Waals surface area contributed by atoms with E-state index in [1.54, 1.807) is 14.1 Å². The third-order valence-electron chi connectivity index (χ3n) is 2.89. The summed E-state index contributed by atoms with van der Waals surface area (Å²) in [5, 5.41) is 8.33. The maximum atomic E-state index is 11.4. The Morgan fingerprint density at radius 2 is 2.17 bits per heavy atom. The van der Waals surface area contributed by atoms with E-state index in [1.165, 1.54) is 16.7 Å². The molecule has 0 aliphatic heterocycles. The van der Waals surface area contributed by atoms with Gasteiger partial charge in [-0.1, -0.05) is 25.6 Å². The molecule has 1 amide bonds. The third kappa shape index (κ3) is 3.99. The van der Waals surface area contributed by atoms with Crippen molar-refractivity contribution in [3.63, 3.8) is 0 Å². The van der Waals surface area contributed by atoms with Gasteiger partial charge >= 0.3 is 0 Å². The van der Waals surface area contributed by atoms with E-state index in [1.807, 2.05) is 0 Å². The molecule has 1 heterocycles. The SMILES string of the molecule is CC[C@@H](C)[C@H]([NH3+])c1nnc(SCC(=O)N(C)C)o1. The Balaban J connectivity index is 2.56. The van der Waals surface area contributed by atoms with Crippen LogP contribution >= 0.6 is 11.8 Å². The summed E-state index contributed by atoms with van der Waals surface area (Å²) in [6.07, 6.45) is 1.01. The number of rotatable bonds is 6. The number of hydrogen-bond donors (Lipinski definition) is 1. The van der Waals surface area contributed by atoms with E-state index in [-0.39, 0.29) is 11.9 Å². The lowest BCUT2D eigenvalue weighted by Crippen LogP contribution is -2.56. The van der Waals surface area contributed by atoms with E-state index >= 15 is 0 Å². The number of hydrogen-bond acceptors (Lipinski definition) is 5. The predicted octanol–water partition coefficient (Wildman–Crippen LogP) is 0.579. The summed E-state index contributed by atoms with van der Waals surface area (Å²) in [7, 11) is 3.44. The molecule has 7 heteroatoms. The first kappa shape index (κ1) is 15.0. The van der Waals surface area contributed by atoms with Gasteiger partial charge in [0, 0.05) is 20.0 Å². The smallest absolute Gasteiger partial charge is 0.277 e. The topological polar surface area (TPSA) is 86.9 Å². The Morgan fingerprint density at radius 3 is 2.72 bits per heavy atom. The molecule has 1 aromatic rings. The lowest BCUT2D eigenvalue weighted by Gasteiger charge is -2.10. The van der Waals surface area contributed by atoms with Gasteiger partial charge in [0.1, 0.15) is 0 Å². The molecule has 0 aliphatic carbocycles. The fourth-order valence-corrected chi connectivity index (χ4v) is 1.96. The maximum absolute atomic E-state index is 11.4. The number of aromatic nitrogens is 2. The second-order valence-electron chi connectivity index (χ2n) is 4.48. The van der Waals surface area contributed by atoms with Gasteiger partial charge in [-0.2, -0.15) is 0 Å². The van der Waals surface area contributed by atoms with E-state index in [0.29, 0.717) is 22.8 Å². The van der Waals surface area contributed by atoms with Gasteiger partial charge in [0.2, 0.25) is 5.91 Å². The summed E-state index contributed by atoms with van der Waals surface area (Å²) in [5.41, 5.74) is 4.04. The predicted molar refractivity (Wildman–Crippen MR) is 68.8 cm³/mol. The second kappa shape index (κ2) is 6.75. The van der Waals surface area contributed by atoms with E-state index in [4.69, 9.17) is 4.42 Å². The molecule has 0 saturated heterocycles. The highest BCUT2D eigenvalue weighted by Gasteiger charge is 2.23. The Labute approximate surface area is 111 Å². The summed E-state index contributed by atoms with van der Waals surface area (Å²) in [5.74, 6) is 1.27. The number of carbonyl (C=O) groups excluding carboxylic acids is 1. The molecule has 0 aromatic carbocycles. The van der Waals surface area contributed by atoms with Crippen LogP contribution in [0.3, 0.4) is 0 Å². The minimum Gasteiger partial charge on any atom is -0.410 e. The van der Waals surface area contributed by atoms with Crippen molar-refractivity contribution >= 4 is 17.7 Å². The van der Waals surface area contributed by atoms with Crippen LogP contribution in [0.4, 0.5) is 0 Å². The van der Waals surface area contributed by atoms with E-state index < -0.39 is 0 Å². The van der Waals surface area contributed by atoms with Crippen molar-refractivity contribution < 1.29 is 14.9 Å². The first-order valence-electron chi connectivity index (χ1n) is 5.95. The molecule has 0 unspecified atom stereocenters. The minimum absolute atomic E-state index is 0.00130. The van der Waals surface area contributed by atoms with Crippen LogP contribution in [-0.4, -0.2) is 40.9 Å². The van der Waals surface area contributed by atoms with Crippen molar-refractivity contribution in [2.24, 2.45) is 5.92 Å². The molecule has 0 bridgehead atoms. The van der Waals surface area contributed by atoms with Gasteiger partial charge in [0.25, 0.3) is 11.1 Å².